The second kappa shape index (κ2) is 14.8. The van der Waals surface area contributed by atoms with E-state index in [1.165, 1.54) is 71.1 Å². The maximum Gasteiger partial charge on any atom is 0.0639 e. The van der Waals surface area contributed by atoms with Crippen LogP contribution < -0.4 is 0 Å². The molecule has 0 aliphatic heterocycles. The van der Waals surface area contributed by atoms with Crippen LogP contribution in [0.15, 0.2) is 72.8 Å². The van der Waals surface area contributed by atoms with E-state index in [2.05, 4.69) is 109 Å². The molecule has 0 heterocycles. The van der Waals surface area contributed by atoms with Crippen LogP contribution in [0.25, 0.3) is 22.9 Å². The molecular weight excluding hydrogens is 470 g/mol. The van der Waals surface area contributed by atoms with Crippen molar-refractivity contribution in [2.24, 2.45) is 10.9 Å². The van der Waals surface area contributed by atoms with Crippen LogP contribution in [-0.2, 0) is 0 Å². The Morgan fingerprint density at radius 2 is 1.77 bits per heavy atom. The molecular formula is C38H49N. The van der Waals surface area contributed by atoms with Crippen molar-refractivity contribution in [3.05, 3.63) is 107 Å². The molecule has 206 valence electrons. The molecule has 0 N–H and O–H groups in total. The molecule has 1 unspecified atom stereocenters. The summed E-state index contributed by atoms with van der Waals surface area (Å²) in [5, 5.41) is 0. The predicted molar refractivity (Wildman–Crippen MR) is 176 cm³/mol. The van der Waals surface area contributed by atoms with Gasteiger partial charge in [-0.2, -0.15) is 0 Å². The first-order valence-electron chi connectivity index (χ1n) is 15.0. The zero-order valence-corrected chi connectivity index (χ0v) is 25.4. The number of hydrogen-bond acceptors (Lipinski definition) is 1. The van der Waals surface area contributed by atoms with E-state index in [-0.39, 0.29) is 0 Å². The lowest BCUT2D eigenvalue weighted by Gasteiger charge is -2.17. The Balaban J connectivity index is 2.04. The molecule has 3 rings (SSSR count). The number of aryl methyl sites for hydroxylation is 2. The summed E-state index contributed by atoms with van der Waals surface area (Å²) in [6, 6.07) is 11.2. The molecule has 1 heteroatoms. The third kappa shape index (κ3) is 7.91. The highest BCUT2D eigenvalue weighted by Gasteiger charge is 2.14. The molecule has 2 aromatic carbocycles. The smallest absolute Gasteiger partial charge is 0.0639 e. The normalized spacial score (nSPS) is 14.8. The van der Waals surface area contributed by atoms with Crippen LogP contribution >= 0.6 is 0 Å². The molecule has 0 radical (unpaired) electrons. The number of unbranched alkanes of at least 4 members (excludes halogenated alkanes) is 1. The average molecular weight is 520 g/mol. The molecule has 2 aromatic rings. The molecule has 0 spiro atoms. The van der Waals surface area contributed by atoms with Crippen LogP contribution in [0, 0.1) is 26.7 Å². The Morgan fingerprint density at radius 1 is 1.00 bits per heavy atom. The fourth-order valence-corrected chi connectivity index (χ4v) is 5.56. The van der Waals surface area contributed by atoms with Crippen LogP contribution in [0.3, 0.4) is 0 Å². The highest BCUT2D eigenvalue weighted by Crippen LogP contribution is 2.31. The molecule has 1 aliphatic rings. The summed E-state index contributed by atoms with van der Waals surface area (Å²) < 4.78 is 0. The zero-order chi connectivity index (χ0) is 28.4. The van der Waals surface area contributed by atoms with Gasteiger partial charge >= 0.3 is 0 Å². The lowest BCUT2D eigenvalue weighted by atomic mass is 9.89. The second-order valence-electron chi connectivity index (χ2n) is 11.1. The van der Waals surface area contributed by atoms with Crippen molar-refractivity contribution in [1.29, 1.82) is 0 Å². The number of allylic oxidation sites excluding steroid dienone is 6. The topological polar surface area (TPSA) is 12.4 Å². The van der Waals surface area contributed by atoms with Gasteiger partial charge in [0.15, 0.2) is 0 Å². The van der Waals surface area contributed by atoms with Crippen molar-refractivity contribution < 1.29 is 0 Å². The van der Waals surface area contributed by atoms with Crippen LogP contribution in [0.2, 0.25) is 0 Å². The van der Waals surface area contributed by atoms with Gasteiger partial charge in [-0.05, 0) is 110 Å². The largest absolute Gasteiger partial charge is 0.253 e. The van der Waals surface area contributed by atoms with Gasteiger partial charge < -0.3 is 0 Å². The Morgan fingerprint density at radius 3 is 2.44 bits per heavy atom. The average Bonchev–Trinajstić information content (AvgIpc) is 2.95. The van der Waals surface area contributed by atoms with E-state index in [1.807, 2.05) is 6.08 Å². The van der Waals surface area contributed by atoms with Crippen molar-refractivity contribution in [1.82, 2.24) is 0 Å². The van der Waals surface area contributed by atoms with Crippen molar-refractivity contribution in [3.8, 4) is 0 Å². The third-order valence-electron chi connectivity index (χ3n) is 8.32. The Kier molecular flexibility index (Phi) is 11.5. The molecule has 0 aromatic heterocycles. The summed E-state index contributed by atoms with van der Waals surface area (Å²) in [5.74, 6) is 0.783. The number of nitrogens with zero attached hydrogens (tertiary/aromatic N) is 1. The van der Waals surface area contributed by atoms with Crippen molar-refractivity contribution in [2.45, 2.75) is 92.9 Å². The minimum absolute atomic E-state index is 0.783. The van der Waals surface area contributed by atoms with E-state index >= 15 is 0 Å². The molecule has 0 fully saturated rings. The highest BCUT2D eigenvalue weighted by molar-refractivity contribution is 6.24. The fourth-order valence-electron chi connectivity index (χ4n) is 5.56. The van der Waals surface area contributed by atoms with E-state index < -0.39 is 0 Å². The van der Waals surface area contributed by atoms with E-state index in [9.17, 15) is 0 Å². The Labute approximate surface area is 238 Å². The standard InChI is InChI=1S/C38H49N/c1-9-12-17-32(10-2)18-16-21-36(38-26-34(24-22-28(38)5)33-19-14-13-15-20-33)30(7)39-31(8)37-25-23-27(4)29(6)35(37)11-3/h11,14,19-26,32H,3,8-10,12-13,15-18H2,1-2,4-7H3/b36-21-,39-30?. The molecule has 1 atom stereocenters. The monoisotopic (exact) mass is 519 g/mol. The van der Waals surface area contributed by atoms with E-state index in [0.29, 0.717) is 0 Å². The molecule has 1 aliphatic carbocycles. The summed E-state index contributed by atoms with van der Waals surface area (Å²) in [4.78, 5) is 5.13. The number of benzene rings is 2. The molecule has 39 heavy (non-hydrogen) atoms. The minimum Gasteiger partial charge on any atom is -0.253 e. The van der Waals surface area contributed by atoms with Crippen molar-refractivity contribution in [3.63, 3.8) is 0 Å². The van der Waals surface area contributed by atoms with E-state index in [4.69, 9.17) is 4.99 Å². The van der Waals surface area contributed by atoms with Gasteiger partial charge in [-0.25, -0.2) is 0 Å². The van der Waals surface area contributed by atoms with Gasteiger partial charge in [0.05, 0.1) is 5.70 Å². The lowest BCUT2D eigenvalue weighted by molar-refractivity contribution is 0.425. The van der Waals surface area contributed by atoms with Crippen LogP contribution in [0.5, 0.6) is 0 Å². The maximum atomic E-state index is 5.13. The van der Waals surface area contributed by atoms with E-state index in [0.717, 1.165) is 47.7 Å². The summed E-state index contributed by atoms with van der Waals surface area (Å²) >= 11 is 0. The first kappa shape index (κ1) is 30.4. The quantitative estimate of drug-likeness (QED) is 0.233. The molecule has 0 saturated carbocycles. The zero-order valence-electron chi connectivity index (χ0n) is 25.4. The molecule has 0 bridgehead atoms. The molecule has 1 nitrogen and oxygen atoms in total. The van der Waals surface area contributed by atoms with Crippen molar-refractivity contribution >= 4 is 28.6 Å². The number of hydrogen-bond donors (Lipinski definition) is 0. The van der Waals surface area contributed by atoms with Gasteiger partial charge in [-0.15, -0.1) is 0 Å². The molecule has 0 amide bonds. The molecule has 0 saturated heterocycles. The SMILES string of the molecule is C=Cc1c(C(=C)N=C(C)/C(=C/CCC(CC)CCCC)c2cc(C3=CCCC=C3)ccc2C)ccc(C)c1C. The first-order valence-corrected chi connectivity index (χ1v) is 15.0. The maximum absolute atomic E-state index is 5.13. The predicted octanol–water partition coefficient (Wildman–Crippen LogP) is 11.5. The Bertz CT molecular complexity index is 1290. The third-order valence-corrected chi connectivity index (χ3v) is 8.32. The van der Waals surface area contributed by atoms with Gasteiger partial charge in [0.1, 0.15) is 0 Å². The summed E-state index contributed by atoms with van der Waals surface area (Å²) in [5.41, 5.74) is 12.9. The van der Waals surface area contributed by atoms with Gasteiger partial charge in [0, 0.05) is 11.3 Å². The fraction of sp³-hybridized carbons (Fsp3) is 0.395. The van der Waals surface area contributed by atoms with Gasteiger partial charge in [0.2, 0.25) is 0 Å². The van der Waals surface area contributed by atoms with Gasteiger partial charge in [-0.1, -0.05) is 107 Å². The highest BCUT2D eigenvalue weighted by atomic mass is 14.8. The Hall–Kier alpha value is -3.19. The van der Waals surface area contributed by atoms with Crippen molar-refractivity contribution in [2.75, 3.05) is 0 Å². The van der Waals surface area contributed by atoms with Crippen LogP contribution in [0.4, 0.5) is 0 Å². The lowest BCUT2D eigenvalue weighted by Crippen LogP contribution is -2.03. The minimum atomic E-state index is 0.783. The summed E-state index contributed by atoms with van der Waals surface area (Å²) in [6.07, 6.45) is 21.0. The van der Waals surface area contributed by atoms with Gasteiger partial charge in [0.25, 0.3) is 0 Å². The number of aliphatic imine (C=N–C) groups is 1. The number of rotatable bonds is 13. The second-order valence-corrected chi connectivity index (χ2v) is 11.1. The first-order chi connectivity index (χ1) is 18.8. The summed E-state index contributed by atoms with van der Waals surface area (Å²) in [6.45, 7) is 21.8. The van der Waals surface area contributed by atoms with Gasteiger partial charge in [-0.3, -0.25) is 4.99 Å². The summed E-state index contributed by atoms with van der Waals surface area (Å²) in [7, 11) is 0. The van der Waals surface area contributed by atoms with Crippen LogP contribution in [0.1, 0.15) is 111 Å². The van der Waals surface area contributed by atoms with Crippen LogP contribution in [-0.4, -0.2) is 5.71 Å². The van der Waals surface area contributed by atoms with E-state index in [1.54, 1.807) is 0 Å².